The summed E-state index contributed by atoms with van der Waals surface area (Å²) in [6.45, 7) is 4.03. The minimum atomic E-state index is -0.518. The molecule has 1 aromatic heterocycles. The number of methoxy groups -OCH3 is 1. The second kappa shape index (κ2) is 13.3. The number of hydrogen-bond acceptors (Lipinski definition) is 9. The maximum Gasteiger partial charge on any atom is 0.248 e. The number of halogens is 2. The van der Waals surface area contributed by atoms with Crippen LogP contribution in [0.1, 0.15) is 6.42 Å². The molecule has 12 heteroatoms. The van der Waals surface area contributed by atoms with Crippen molar-refractivity contribution in [1.82, 2.24) is 14.9 Å². The fourth-order valence-electron chi connectivity index (χ4n) is 4.51. The number of ether oxygens (including phenoxy) is 4. The van der Waals surface area contributed by atoms with Crippen LogP contribution in [0, 0.1) is 5.82 Å². The highest BCUT2D eigenvalue weighted by Crippen LogP contribution is 2.34. The number of hydrogen-bond donors (Lipinski definition) is 2. The molecule has 2 aromatic carbocycles. The Balaban J connectivity index is 1.37. The smallest absolute Gasteiger partial charge is 0.248 e. The topological polar surface area (TPSA) is 107 Å². The van der Waals surface area contributed by atoms with Crippen molar-refractivity contribution in [2.24, 2.45) is 0 Å². The third-order valence-corrected chi connectivity index (χ3v) is 7.01. The molecular weight excluding hydrogens is 541 g/mol. The molecule has 1 unspecified atom stereocenters. The van der Waals surface area contributed by atoms with Crippen molar-refractivity contribution >= 4 is 45.6 Å². The molecule has 10 nitrogen and oxygen atoms in total. The van der Waals surface area contributed by atoms with Gasteiger partial charge in [0.25, 0.3) is 0 Å². The Labute approximate surface area is 236 Å². The molecular formula is C28H31ClFN5O5. The largest absolute Gasteiger partial charge is 0.489 e. The van der Waals surface area contributed by atoms with E-state index < -0.39 is 5.82 Å². The highest BCUT2D eigenvalue weighted by atomic mass is 35.5. The zero-order valence-corrected chi connectivity index (χ0v) is 22.8. The van der Waals surface area contributed by atoms with E-state index in [4.69, 9.17) is 30.5 Å². The molecule has 0 bridgehead atoms. The van der Waals surface area contributed by atoms with Crippen LogP contribution in [0.3, 0.4) is 0 Å². The van der Waals surface area contributed by atoms with Gasteiger partial charge in [-0.25, -0.2) is 14.4 Å². The highest BCUT2D eigenvalue weighted by Gasteiger charge is 2.26. The molecule has 2 aliphatic rings. The van der Waals surface area contributed by atoms with E-state index >= 15 is 0 Å². The van der Waals surface area contributed by atoms with Gasteiger partial charge in [0.1, 0.15) is 36.4 Å². The molecule has 3 heterocycles. The zero-order chi connectivity index (χ0) is 27.9. The lowest BCUT2D eigenvalue weighted by atomic mass is 10.0. The first kappa shape index (κ1) is 28.2. The molecule has 1 amide bonds. The van der Waals surface area contributed by atoms with E-state index in [2.05, 4.69) is 25.5 Å². The van der Waals surface area contributed by atoms with Crippen molar-refractivity contribution in [2.45, 2.75) is 18.6 Å². The first-order chi connectivity index (χ1) is 19.5. The van der Waals surface area contributed by atoms with Crippen LogP contribution in [0.2, 0.25) is 5.02 Å². The summed E-state index contributed by atoms with van der Waals surface area (Å²) in [5, 5.41) is 6.68. The van der Waals surface area contributed by atoms with Gasteiger partial charge in [-0.2, -0.15) is 0 Å². The number of aromatic nitrogens is 2. The third-order valence-electron chi connectivity index (χ3n) is 6.72. The lowest BCUT2D eigenvalue weighted by Gasteiger charge is -2.39. The third kappa shape index (κ3) is 7.04. The number of benzene rings is 2. The van der Waals surface area contributed by atoms with E-state index in [-0.39, 0.29) is 23.6 Å². The van der Waals surface area contributed by atoms with Gasteiger partial charge in [0.2, 0.25) is 5.91 Å². The summed E-state index contributed by atoms with van der Waals surface area (Å²) < 4.78 is 36.1. The van der Waals surface area contributed by atoms with Crippen LogP contribution >= 0.6 is 11.6 Å². The molecule has 0 aliphatic carbocycles. The molecule has 2 N–H and O–H groups in total. The molecule has 2 aliphatic heterocycles. The van der Waals surface area contributed by atoms with E-state index in [1.54, 1.807) is 25.3 Å². The Kier molecular flexibility index (Phi) is 9.40. The highest BCUT2D eigenvalue weighted by molar-refractivity contribution is 6.31. The van der Waals surface area contributed by atoms with Crippen molar-refractivity contribution in [2.75, 3.05) is 63.9 Å². The van der Waals surface area contributed by atoms with Crippen LogP contribution in [-0.2, 0) is 19.0 Å². The second-order valence-electron chi connectivity index (χ2n) is 9.50. The Morgan fingerprint density at radius 1 is 1.25 bits per heavy atom. The summed E-state index contributed by atoms with van der Waals surface area (Å²) in [5.74, 6) is 0.0641. The van der Waals surface area contributed by atoms with Crippen LogP contribution in [-0.4, -0.2) is 86.2 Å². The molecule has 2 atom stereocenters. The minimum Gasteiger partial charge on any atom is -0.489 e. The van der Waals surface area contributed by atoms with Crippen LogP contribution in [0.15, 0.2) is 48.8 Å². The first-order valence-corrected chi connectivity index (χ1v) is 13.4. The van der Waals surface area contributed by atoms with E-state index in [0.717, 1.165) is 13.0 Å². The van der Waals surface area contributed by atoms with Gasteiger partial charge in [-0.15, -0.1) is 0 Å². The van der Waals surface area contributed by atoms with Gasteiger partial charge in [-0.1, -0.05) is 17.7 Å². The predicted molar refractivity (Wildman–Crippen MR) is 150 cm³/mol. The van der Waals surface area contributed by atoms with Crippen molar-refractivity contribution in [1.29, 1.82) is 0 Å². The molecule has 3 aromatic rings. The molecule has 2 saturated heterocycles. The lowest BCUT2D eigenvalue weighted by molar-refractivity contribution is -0.112. The van der Waals surface area contributed by atoms with Gasteiger partial charge >= 0.3 is 0 Å². The van der Waals surface area contributed by atoms with Gasteiger partial charge in [-0.05, 0) is 30.7 Å². The maximum atomic E-state index is 13.7. The Hall–Kier alpha value is -3.35. The van der Waals surface area contributed by atoms with Crippen molar-refractivity contribution < 1.29 is 28.1 Å². The average Bonchev–Trinajstić information content (AvgIpc) is 2.95. The zero-order valence-electron chi connectivity index (χ0n) is 22.1. The van der Waals surface area contributed by atoms with Crippen LogP contribution < -0.4 is 15.4 Å². The number of likely N-dealkylation sites (tertiary alicyclic amines) is 1. The summed E-state index contributed by atoms with van der Waals surface area (Å²) in [7, 11) is 1.69. The van der Waals surface area contributed by atoms with Gasteiger partial charge in [0, 0.05) is 49.5 Å². The Morgan fingerprint density at radius 2 is 2.15 bits per heavy atom. The van der Waals surface area contributed by atoms with Crippen LogP contribution in [0.5, 0.6) is 5.75 Å². The molecule has 5 rings (SSSR count). The molecule has 0 spiro atoms. The molecule has 40 heavy (non-hydrogen) atoms. The monoisotopic (exact) mass is 571 g/mol. The number of rotatable bonds is 11. The number of carbonyl (C=O) groups excluding carboxylic acids is 1. The van der Waals surface area contributed by atoms with Crippen LogP contribution in [0.25, 0.3) is 10.9 Å². The fraction of sp³-hybridized carbons (Fsp3) is 0.393. The molecule has 212 valence electrons. The second-order valence-corrected chi connectivity index (χ2v) is 9.91. The van der Waals surface area contributed by atoms with E-state index in [1.165, 1.54) is 24.5 Å². The maximum absolute atomic E-state index is 13.7. The van der Waals surface area contributed by atoms with Crippen molar-refractivity contribution in [3.8, 4) is 5.75 Å². The Morgan fingerprint density at radius 3 is 2.90 bits per heavy atom. The van der Waals surface area contributed by atoms with Gasteiger partial charge in [0.05, 0.1) is 42.7 Å². The number of nitrogens with one attached hydrogen (secondary N) is 2. The normalized spacial score (nSPS) is 19.5. The molecule has 0 saturated carbocycles. The molecule has 2 fully saturated rings. The predicted octanol–water partition coefficient (Wildman–Crippen LogP) is 4.18. The first-order valence-electron chi connectivity index (χ1n) is 13.0. The summed E-state index contributed by atoms with van der Waals surface area (Å²) in [6, 6.07) is 8.15. The van der Waals surface area contributed by atoms with E-state index in [9.17, 15) is 9.18 Å². The number of nitrogens with zero attached hydrogens (tertiary/aromatic N) is 3. The summed E-state index contributed by atoms with van der Waals surface area (Å²) in [4.78, 5) is 23.9. The number of anilines is 3. The molecule has 0 radical (unpaired) electrons. The van der Waals surface area contributed by atoms with Crippen molar-refractivity contribution in [3.63, 3.8) is 0 Å². The lowest BCUT2D eigenvalue weighted by Crippen LogP contribution is -2.50. The van der Waals surface area contributed by atoms with Crippen LogP contribution in [0.4, 0.5) is 21.6 Å². The number of fused-ring (bicyclic) bond motifs is 1. The van der Waals surface area contributed by atoms with Gasteiger partial charge in [0.15, 0.2) is 0 Å². The average molecular weight is 572 g/mol. The summed E-state index contributed by atoms with van der Waals surface area (Å²) in [5.41, 5.74) is 1.57. The van der Waals surface area contributed by atoms with Crippen molar-refractivity contribution in [3.05, 3.63) is 59.7 Å². The SMILES string of the molecule is COCC1CCN1CC=CC(=O)Nc1cc2c(Nc3ccc(F)c(Cl)c3)ncnc2cc1OC[C@@H]1COCCO1. The standard InChI is InChI=1S/C28H31ClFN5O5/c1-37-14-19-6-8-35(19)7-2-3-27(36)34-25-12-21-24(13-26(25)40-16-20-15-38-9-10-39-20)31-17-32-28(21)33-18-4-5-23(30)22(29)11-18/h2-5,11-13,17,19-20H,6-10,14-16H2,1H3,(H,34,36)(H,31,32,33)/t19?,20-/m0/s1. The minimum absolute atomic E-state index is 0.0144. The quantitative estimate of drug-likeness (QED) is 0.328. The van der Waals surface area contributed by atoms with E-state index in [1.807, 2.05) is 6.08 Å². The number of amides is 1. The number of carbonyl (C=O) groups is 1. The Bertz CT molecular complexity index is 1370. The fourth-order valence-corrected chi connectivity index (χ4v) is 4.69. The summed E-state index contributed by atoms with van der Waals surface area (Å²) >= 11 is 5.95. The van der Waals surface area contributed by atoms with Gasteiger partial charge in [-0.3, -0.25) is 9.69 Å². The van der Waals surface area contributed by atoms with Gasteiger partial charge < -0.3 is 29.6 Å². The van der Waals surface area contributed by atoms with E-state index in [0.29, 0.717) is 72.9 Å². The summed E-state index contributed by atoms with van der Waals surface area (Å²) in [6.07, 6.45) is 5.61.